The second kappa shape index (κ2) is 5.27. The first-order valence-corrected chi connectivity index (χ1v) is 7.10. The van der Waals surface area contributed by atoms with Crippen LogP contribution in [-0.4, -0.2) is 20.3 Å². The Bertz CT molecular complexity index is 515. The van der Waals surface area contributed by atoms with Crippen LogP contribution in [-0.2, 0) is 9.31 Å². The molecule has 0 atom stereocenters. The number of hydrogen-bond donors (Lipinski definition) is 0. The van der Waals surface area contributed by atoms with Gasteiger partial charge in [-0.3, -0.25) is 0 Å². The summed E-state index contributed by atoms with van der Waals surface area (Å²) in [5.74, 6) is 0. The summed E-state index contributed by atoms with van der Waals surface area (Å²) in [6.45, 7) is 3.68. The lowest BCUT2D eigenvalue weighted by molar-refractivity contribution is 0.144. The minimum atomic E-state index is -0.185. The highest BCUT2D eigenvalue weighted by Gasteiger charge is 2.28. The van der Waals surface area contributed by atoms with Crippen molar-refractivity contribution in [2.75, 3.05) is 13.2 Å². The summed E-state index contributed by atoms with van der Waals surface area (Å²) in [4.78, 5) is 0. The summed E-state index contributed by atoms with van der Waals surface area (Å²) >= 11 is 1.71. The Morgan fingerprint density at radius 1 is 1.06 bits per heavy atom. The lowest BCUT2D eigenvalue weighted by Gasteiger charge is -2.19. The molecule has 4 heteroatoms. The first-order chi connectivity index (χ1) is 8.84. The smallest absolute Gasteiger partial charge is 0.407 e. The Morgan fingerprint density at radius 2 is 1.78 bits per heavy atom. The van der Waals surface area contributed by atoms with E-state index in [-0.39, 0.29) is 7.12 Å². The molecule has 1 aromatic carbocycles. The molecule has 1 fully saturated rings. The largest absolute Gasteiger partial charge is 0.505 e. The quantitative estimate of drug-likeness (QED) is 0.771. The number of rotatable bonds is 2. The molecule has 0 N–H and O–H groups in total. The van der Waals surface area contributed by atoms with Crippen LogP contribution in [0.3, 0.4) is 0 Å². The highest BCUT2D eigenvalue weighted by molar-refractivity contribution is 7.21. The number of aryl methyl sites for hydroxylation is 1. The van der Waals surface area contributed by atoms with E-state index >= 15 is 0 Å². The van der Waals surface area contributed by atoms with Crippen molar-refractivity contribution >= 4 is 23.2 Å². The standard InChI is InChI=1S/C14H15BO2S/c1-11-3-5-12(6-4-11)13-7-10-18-14(13)15-16-8-2-9-17-15/h3-7,10H,2,8-9H2,1H3. The fraction of sp³-hybridized carbons (Fsp3) is 0.286. The molecule has 92 valence electrons. The maximum atomic E-state index is 5.70. The Labute approximate surface area is 112 Å². The van der Waals surface area contributed by atoms with Gasteiger partial charge in [0, 0.05) is 18.0 Å². The van der Waals surface area contributed by atoms with Crippen molar-refractivity contribution in [3.63, 3.8) is 0 Å². The molecular formula is C14H15BO2S. The summed E-state index contributed by atoms with van der Waals surface area (Å²) in [6, 6.07) is 10.7. The Hall–Kier alpha value is -1.10. The third-order valence-electron chi connectivity index (χ3n) is 3.10. The van der Waals surface area contributed by atoms with E-state index in [1.807, 2.05) is 0 Å². The van der Waals surface area contributed by atoms with Crippen molar-refractivity contribution in [1.29, 1.82) is 0 Å². The molecule has 0 aliphatic carbocycles. The minimum absolute atomic E-state index is 0.185. The average molecular weight is 258 g/mol. The van der Waals surface area contributed by atoms with Gasteiger partial charge in [-0.25, -0.2) is 0 Å². The number of benzene rings is 1. The molecule has 0 saturated carbocycles. The second-order valence-corrected chi connectivity index (χ2v) is 5.44. The lowest BCUT2D eigenvalue weighted by Crippen LogP contribution is -2.40. The monoisotopic (exact) mass is 258 g/mol. The van der Waals surface area contributed by atoms with Crippen molar-refractivity contribution < 1.29 is 9.31 Å². The van der Waals surface area contributed by atoms with E-state index in [0.29, 0.717) is 0 Å². The van der Waals surface area contributed by atoms with Crippen LogP contribution in [0.1, 0.15) is 12.0 Å². The molecule has 1 aliphatic heterocycles. The van der Waals surface area contributed by atoms with Gasteiger partial charge in [0.25, 0.3) is 0 Å². The van der Waals surface area contributed by atoms with E-state index < -0.39 is 0 Å². The van der Waals surface area contributed by atoms with Gasteiger partial charge in [-0.1, -0.05) is 29.8 Å². The van der Waals surface area contributed by atoms with E-state index in [9.17, 15) is 0 Å². The summed E-state index contributed by atoms with van der Waals surface area (Å²) in [6.07, 6.45) is 0.988. The minimum Gasteiger partial charge on any atom is -0.407 e. The topological polar surface area (TPSA) is 18.5 Å². The van der Waals surface area contributed by atoms with Gasteiger partial charge >= 0.3 is 7.12 Å². The fourth-order valence-corrected chi connectivity index (χ4v) is 3.03. The zero-order valence-corrected chi connectivity index (χ0v) is 11.2. The van der Waals surface area contributed by atoms with Crippen LogP contribution < -0.4 is 4.78 Å². The summed E-state index contributed by atoms with van der Waals surface area (Å²) < 4.78 is 12.6. The van der Waals surface area contributed by atoms with Gasteiger partial charge in [-0.2, -0.15) is 11.3 Å². The summed E-state index contributed by atoms with van der Waals surface area (Å²) in [5, 5.41) is 2.10. The van der Waals surface area contributed by atoms with Gasteiger partial charge in [0.2, 0.25) is 0 Å². The molecule has 2 aromatic rings. The van der Waals surface area contributed by atoms with E-state index in [1.54, 1.807) is 11.3 Å². The molecule has 1 aliphatic rings. The molecule has 0 spiro atoms. The number of thiophene rings is 1. The van der Waals surface area contributed by atoms with Crippen LogP contribution >= 0.6 is 11.3 Å². The Balaban J connectivity index is 1.93. The molecule has 1 saturated heterocycles. The van der Waals surface area contributed by atoms with E-state index in [2.05, 4.69) is 42.6 Å². The van der Waals surface area contributed by atoms with Crippen LogP contribution in [0.2, 0.25) is 0 Å². The predicted octanol–water partition coefficient (Wildman–Crippen LogP) is 2.86. The Kier molecular flexibility index (Phi) is 3.50. The third-order valence-corrected chi connectivity index (χ3v) is 4.04. The lowest BCUT2D eigenvalue weighted by atomic mass is 9.81. The van der Waals surface area contributed by atoms with Crippen molar-refractivity contribution in [2.24, 2.45) is 0 Å². The molecule has 2 heterocycles. The summed E-state index contributed by atoms with van der Waals surface area (Å²) in [5.41, 5.74) is 3.74. The zero-order valence-electron chi connectivity index (χ0n) is 10.4. The second-order valence-electron chi connectivity index (χ2n) is 4.49. The fourth-order valence-electron chi connectivity index (χ4n) is 2.11. The van der Waals surface area contributed by atoms with Gasteiger partial charge in [0.05, 0.1) is 0 Å². The SMILES string of the molecule is Cc1ccc(-c2ccsc2B2OCCCO2)cc1. The molecule has 1 aromatic heterocycles. The summed E-state index contributed by atoms with van der Waals surface area (Å²) in [7, 11) is -0.185. The van der Waals surface area contributed by atoms with Crippen molar-refractivity contribution in [1.82, 2.24) is 0 Å². The maximum Gasteiger partial charge on any atom is 0.505 e. The van der Waals surface area contributed by atoms with Gasteiger partial charge < -0.3 is 9.31 Å². The van der Waals surface area contributed by atoms with Crippen LogP contribution in [0.15, 0.2) is 35.7 Å². The normalized spacial score (nSPS) is 15.9. The third kappa shape index (κ3) is 2.37. The molecular weight excluding hydrogens is 243 g/mol. The molecule has 0 radical (unpaired) electrons. The van der Waals surface area contributed by atoms with Crippen LogP contribution in [0, 0.1) is 6.92 Å². The molecule has 0 bridgehead atoms. The van der Waals surface area contributed by atoms with Crippen LogP contribution in [0.25, 0.3) is 11.1 Å². The Morgan fingerprint density at radius 3 is 2.50 bits per heavy atom. The van der Waals surface area contributed by atoms with E-state index in [4.69, 9.17) is 9.31 Å². The van der Waals surface area contributed by atoms with Gasteiger partial charge in [-0.15, -0.1) is 0 Å². The molecule has 18 heavy (non-hydrogen) atoms. The van der Waals surface area contributed by atoms with Crippen molar-refractivity contribution in [2.45, 2.75) is 13.3 Å². The van der Waals surface area contributed by atoms with E-state index in [0.717, 1.165) is 19.6 Å². The maximum absolute atomic E-state index is 5.70. The first-order valence-electron chi connectivity index (χ1n) is 6.22. The molecule has 0 unspecified atom stereocenters. The molecule has 3 rings (SSSR count). The predicted molar refractivity (Wildman–Crippen MR) is 76.4 cm³/mol. The van der Waals surface area contributed by atoms with Gasteiger partial charge in [0.1, 0.15) is 0 Å². The van der Waals surface area contributed by atoms with Crippen molar-refractivity contribution in [3.8, 4) is 11.1 Å². The van der Waals surface area contributed by atoms with Gasteiger partial charge in [-0.05, 0) is 35.9 Å². The van der Waals surface area contributed by atoms with Crippen LogP contribution in [0.4, 0.5) is 0 Å². The van der Waals surface area contributed by atoms with Gasteiger partial charge in [0.15, 0.2) is 0 Å². The van der Waals surface area contributed by atoms with Crippen LogP contribution in [0.5, 0.6) is 0 Å². The average Bonchev–Trinajstić information content (AvgIpc) is 2.90. The zero-order chi connectivity index (χ0) is 12.4. The number of hydrogen-bond acceptors (Lipinski definition) is 3. The first kappa shape index (κ1) is 12.0. The molecule has 2 nitrogen and oxygen atoms in total. The molecule has 0 amide bonds. The van der Waals surface area contributed by atoms with E-state index in [1.165, 1.54) is 21.5 Å². The highest BCUT2D eigenvalue weighted by Crippen LogP contribution is 2.22. The van der Waals surface area contributed by atoms with Crippen molar-refractivity contribution in [3.05, 3.63) is 41.3 Å². The highest BCUT2D eigenvalue weighted by atomic mass is 32.1.